The van der Waals surface area contributed by atoms with Crippen molar-refractivity contribution in [3.63, 3.8) is 0 Å². The van der Waals surface area contributed by atoms with Crippen LogP contribution in [0.1, 0.15) is 78.9 Å². The van der Waals surface area contributed by atoms with E-state index >= 15 is 4.39 Å². The third kappa shape index (κ3) is 14.0. The molecule has 5 amide bonds. The Kier molecular flexibility index (Phi) is 17.5. The van der Waals surface area contributed by atoms with Crippen LogP contribution in [0.25, 0.3) is 22.5 Å². The van der Waals surface area contributed by atoms with E-state index in [1.807, 2.05) is 26.0 Å². The number of nitrogens with zero attached hydrogens (tertiary/aromatic N) is 9. The number of hydrogen-bond donors (Lipinski definition) is 3. The van der Waals surface area contributed by atoms with Crippen molar-refractivity contribution < 1.29 is 37.5 Å². The average molecular weight is 1140 g/mol. The lowest BCUT2D eigenvalue weighted by Crippen LogP contribution is -2.60. The van der Waals surface area contributed by atoms with Crippen LogP contribution in [0.4, 0.5) is 25.0 Å². The molecule has 8 rings (SSSR count). The van der Waals surface area contributed by atoms with E-state index in [0.717, 1.165) is 27.6 Å². The molecule has 4 heterocycles. The second-order valence-electron chi connectivity index (χ2n) is 20.7. The quantitative estimate of drug-likeness (QED) is 0.103. The Morgan fingerprint density at radius 3 is 1.64 bits per heavy atom. The molecule has 4 atom stereocenters. The SMILES string of the molecule is C[C@@H]1CN(C(=O)c2cc(C#N)cc(NC(=O)Cn3nc(-c4ccc(Cl)c(F)c4)ccc3=O)c2)C[C@@H](C)N1C(=O)OC(C)(C)Cc1cc(-c2ccc(=O)n(CC(=O)Nc3cc(C#N)cc(C(=O)N4C[C@H](C)N[C@@H](C)C4)c3)n2)cc(F)c1Cl. The zero-order valence-electron chi connectivity index (χ0n) is 44.7. The van der Waals surface area contributed by atoms with E-state index in [1.54, 1.807) is 32.6 Å². The zero-order valence-corrected chi connectivity index (χ0v) is 46.2. The molecule has 20 nitrogen and oxygen atoms in total. The normalized spacial score (nSPS) is 17.2. The maximum atomic E-state index is 15.7. The fraction of sp³-hybridized carbons (Fsp3) is 0.316. The van der Waals surface area contributed by atoms with Crippen molar-refractivity contribution in [2.75, 3.05) is 36.8 Å². The number of ether oxygens (including phenoxy) is 1. The number of aromatic nitrogens is 4. The smallest absolute Gasteiger partial charge is 0.410 e. The van der Waals surface area contributed by atoms with Gasteiger partial charge in [0.15, 0.2) is 0 Å². The summed E-state index contributed by atoms with van der Waals surface area (Å²) in [4.78, 5) is 98.6. The van der Waals surface area contributed by atoms with Crippen LogP contribution >= 0.6 is 23.2 Å². The number of anilines is 2. The number of halogens is 4. The molecule has 3 N–H and O–H groups in total. The van der Waals surface area contributed by atoms with E-state index in [0.29, 0.717) is 18.7 Å². The zero-order chi connectivity index (χ0) is 58.6. The molecule has 2 saturated heterocycles. The summed E-state index contributed by atoms with van der Waals surface area (Å²) in [7, 11) is 0. The van der Waals surface area contributed by atoms with E-state index in [-0.39, 0.29) is 104 Å². The van der Waals surface area contributed by atoms with Gasteiger partial charge in [-0.25, -0.2) is 22.9 Å². The van der Waals surface area contributed by atoms with Crippen LogP contribution < -0.4 is 27.1 Å². The molecule has 0 radical (unpaired) electrons. The maximum absolute atomic E-state index is 15.7. The molecule has 2 aromatic heterocycles. The van der Waals surface area contributed by atoms with Gasteiger partial charge in [-0.2, -0.15) is 20.7 Å². The number of nitriles is 2. The minimum atomic E-state index is -1.31. The van der Waals surface area contributed by atoms with Gasteiger partial charge in [0, 0.05) is 90.4 Å². The molecule has 418 valence electrons. The summed E-state index contributed by atoms with van der Waals surface area (Å²) in [6.07, 6.45) is -0.822. The minimum Gasteiger partial charge on any atom is -0.443 e. The van der Waals surface area contributed by atoms with Crippen LogP contribution in [0.5, 0.6) is 0 Å². The number of benzene rings is 4. The number of carbonyl (C=O) groups excluding carboxylic acids is 5. The number of hydrogen-bond acceptors (Lipinski definition) is 13. The third-order valence-electron chi connectivity index (χ3n) is 13.4. The predicted molar refractivity (Wildman–Crippen MR) is 296 cm³/mol. The summed E-state index contributed by atoms with van der Waals surface area (Å²) in [6, 6.07) is 23.0. The van der Waals surface area contributed by atoms with E-state index < -0.39 is 77.3 Å². The molecule has 2 aliphatic rings. The summed E-state index contributed by atoms with van der Waals surface area (Å²) < 4.78 is 37.6. The number of piperazine rings is 2. The van der Waals surface area contributed by atoms with Gasteiger partial charge in [0.1, 0.15) is 30.3 Å². The molecular weight excluding hydrogens is 1090 g/mol. The molecule has 4 aromatic carbocycles. The lowest BCUT2D eigenvalue weighted by Gasteiger charge is -2.44. The Morgan fingerprint density at radius 1 is 0.667 bits per heavy atom. The van der Waals surface area contributed by atoms with E-state index in [2.05, 4.69) is 26.1 Å². The van der Waals surface area contributed by atoms with Gasteiger partial charge in [0.05, 0.1) is 56.8 Å². The molecule has 0 bridgehead atoms. The van der Waals surface area contributed by atoms with Gasteiger partial charge in [0.25, 0.3) is 22.9 Å². The van der Waals surface area contributed by atoms with E-state index in [4.69, 9.17) is 27.9 Å². The molecule has 2 fully saturated rings. The first-order valence-corrected chi connectivity index (χ1v) is 26.3. The summed E-state index contributed by atoms with van der Waals surface area (Å²) >= 11 is 12.3. The fourth-order valence-corrected chi connectivity index (χ4v) is 10.2. The lowest BCUT2D eigenvalue weighted by atomic mass is 9.96. The Bertz CT molecular complexity index is 3710. The topological polar surface area (TPSA) is 258 Å². The van der Waals surface area contributed by atoms with Gasteiger partial charge in [-0.3, -0.25) is 33.7 Å². The number of amides is 5. The van der Waals surface area contributed by atoms with Crippen molar-refractivity contribution in [2.45, 2.75) is 90.8 Å². The van der Waals surface area contributed by atoms with Crippen LogP contribution in [0, 0.1) is 34.3 Å². The summed E-state index contributed by atoms with van der Waals surface area (Å²) in [5.74, 6) is -3.74. The predicted octanol–water partition coefficient (Wildman–Crippen LogP) is 7.25. The van der Waals surface area contributed by atoms with Crippen molar-refractivity contribution in [1.29, 1.82) is 10.5 Å². The van der Waals surface area contributed by atoms with Crippen LogP contribution in [-0.4, -0.2) is 120 Å². The molecule has 0 spiro atoms. The van der Waals surface area contributed by atoms with Crippen molar-refractivity contribution in [3.8, 4) is 34.7 Å². The Hall–Kier alpha value is -8.83. The first-order chi connectivity index (χ1) is 38.4. The second kappa shape index (κ2) is 24.3. The molecule has 0 unspecified atom stereocenters. The van der Waals surface area contributed by atoms with E-state index in [9.17, 15) is 48.5 Å². The third-order valence-corrected chi connectivity index (χ3v) is 14.1. The van der Waals surface area contributed by atoms with Crippen molar-refractivity contribution >= 4 is 64.3 Å². The van der Waals surface area contributed by atoms with Crippen LogP contribution in [0.3, 0.4) is 0 Å². The number of rotatable bonds is 13. The maximum Gasteiger partial charge on any atom is 0.410 e. The van der Waals surface area contributed by atoms with E-state index in [1.165, 1.54) is 82.6 Å². The van der Waals surface area contributed by atoms with Crippen LogP contribution in [0.15, 0.2) is 101 Å². The van der Waals surface area contributed by atoms with Gasteiger partial charge >= 0.3 is 6.09 Å². The molecular formula is C57H54Cl2F2N12O8. The highest BCUT2D eigenvalue weighted by atomic mass is 35.5. The van der Waals surface area contributed by atoms with Gasteiger partial charge in [-0.15, -0.1) is 0 Å². The first kappa shape index (κ1) is 58.3. The largest absolute Gasteiger partial charge is 0.443 e. The highest BCUT2D eigenvalue weighted by Gasteiger charge is 2.39. The van der Waals surface area contributed by atoms with Crippen LogP contribution in [0.2, 0.25) is 10.0 Å². The summed E-state index contributed by atoms with van der Waals surface area (Å²) in [5, 5.41) is 36.4. The Balaban J connectivity index is 0.898. The molecule has 0 aliphatic carbocycles. The van der Waals surface area contributed by atoms with Crippen molar-refractivity contribution in [3.05, 3.63) is 161 Å². The summed E-state index contributed by atoms with van der Waals surface area (Å²) in [6.45, 7) is 10.4. The highest BCUT2D eigenvalue weighted by Crippen LogP contribution is 2.32. The molecule has 81 heavy (non-hydrogen) atoms. The standard InChI is InChI=1S/C57H54Cl2F2N12O8/c1-31-25-69(26-32(2)64-31)54(78)39-13-35(23-62)15-42(18-39)65-50(75)30-72-52(77)12-10-48(68-72)38-17-41(53(59)46(61)21-38)22-57(5,6)81-56(80)73-33(3)27-70(28-34(73)4)55(79)40-14-36(24-63)16-43(19-40)66-49(74)29-71-51(76)11-9-47(67-71)37-7-8-44(58)45(60)20-37/h7-21,31-34,64H,22,25-30H2,1-6H3,(H,65,75)(H,66,74)/t31-,32-,33+,34+/m0/s1. The molecule has 6 aromatic rings. The average Bonchev–Trinajstić information content (AvgIpc) is 3.44. The monoisotopic (exact) mass is 1140 g/mol. The first-order valence-electron chi connectivity index (χ1n) is 25.5. The summed E-state index contributed by atoms with van der Waals surface area (Å²) in [5.41, 5.74) is -0.835. The second-order valence-corrected chi connectivity index (χ2v) is 21.5. The Morgan fingerprint density at radius 2 is 1.15 bits per heavy atom. The minimum absolute atomic E-state index is 0.0435. The number of carbonyl (C=O) groups is 5. The van der Waals surface area contributed by atoms with Gasteiger partial charge in [-0.05, 0) is 120 Å². The van der Waals surface area contributed by atoms with Crippen LogP contribution in [-0.2, 0) is 33.8 Å². The molecule has 24 heteroatoms. The lowest BCUT2D eigenvalue weighted by molar-refractivity contribution is -0.117. The van der Waals surface area contributed by atoms with Gasteiger partial charge < -0.3 is 30.5 Å². The van der Waals surface area contributed by atoms with Crippen molar-refractivity contribution in [1.82, 2.24) is 39.6 Å². The van der Waals surface area contributed by atoms with Crippen molar-refractivity contribution in [2.24, 2.45) is 0 Å². The van der Waals surface area contributed by atoms with Gasteiger partial charge in [0.2, 0.25) is 11.8 Å². The Labute approximate surface area is 473 Å². The number of nitrogens with one attached hydrogen (secondary N) is 3. The highest BCUT2D eigenvalue weighted by molar-refractivity contribution is 6.31. The molecule has 2 aliphatic heterocycles. The van der Waals surface area contributed by atoms with Gasteiger partial charge in [-0.1, -0.05) is 29.3 Å². The molecule has 0 saturated carbocycles. The fourth-order valence-electron chi connectivity index (χ4n) is 9.95.